The molecular formula is C19H28ClN3O3. The molecule has 1 aromatic rings. The topological polar surface area (TPSA) is 68.0 Å². The Morgan fingerprint density at radius 1 is 1.31 bits per heavy atom. The van der Waals surface area contributed by atoms with Gasteiger partial charge in [0.05, 0.1) is 13.2 Å². The fourth-order valence-corrected chi connectivity index (χ4v) is 3.92. The van der Waals surface area contributed by atoms with E-state index >= 15 is 0 Å². The summed E-state index contributed by atoms with van der Waals surface area (Å²) in [5.41, 5.74) is 7.31. The van der Waals surface area contributed by atoms with Crippen molar-refractivity contribution in [2.45, 2.75) is 25.4 Å². The molecule has 2 fully saturated rings. The average molecular weight is 382 g/mol. The molecule has 6 nitrogen and oxygen atoms in total. The van der Waals surface area contributed by atoms with Gasteiger partial charge in [0.1, 0.15) is 5.75 Å². The van der Waals surface area contributed by atoms with Crippen molar-refractivity contribution in [3.05, 3.63) is 28.8 Å². The predicted molar refractivity (Wildman–Crippen MR) is 101 cm³/mol. The van der Waals surface area contributed by atoms with Gasteiger partial charge in [-0.15, -0.1) is 0 Å². The minimum absolute atomic E-state index is 0.0805. The number of halogens is 1. The van der Waals surface area contributed by atoms with Crippen molar-refractivity contribution in [2.24, 2.45) is 11.7 Å². The molecule has 1 aromatic carbocycles. The second kappa shape index (κ2) is 9.04. The number of ether oxygens (including phenoxy) is 2. The number of hydrogen-bond donors (Lipinski definition) is 1. The quantitative estimate of drug-likeness (QED) is 0.841. The summed E-state index contributed by atoms with van der Waals surface area (Å²) in [4.78, 5) is 16.9. The molecule has 1 atom stereocenters. The van der Waals surface area contributed by atoms with E-state index in [2.05, 4.69) is 4.90 Å². The number of nitrogens with zero attached hydrogens (tertiary/aromatic N) is 2. The molecule has 1 unspecified atom stereocenters. The summed E-state index contributed by atoms with van der Waals surface area (Å²) < 4.78 is 10.8. The lowest BCUT2D eigenvalue weighted by molar-refractivity contribution is -0.136. The fourth-order valence-electron chi connectivity index (χ4n) is 3.73. The lowest BCUT2D eigenvalue weighted by atomic mass is 9.91. The predicted octanol–water partition coefficient (Wildman–Crippen LogP) is 1.75. The zero-order valence-electron chi connectivity index (χ0n) is 15.3. The van der Waals surface area contributed by atoms with E-state index in [1.165, 1.54) is 0 Å². The first-order valence-electron chi connectivity index (χ1n) is 9.25. The van der Waals surface area contributed by atoms with Crippen LogP contribution in [0.25, 0.3) is 0 Å². The minimum atomic E-state index is -0.404. The minimum Gasteiger partial charge on any atom is -0.496 e. The molecule has 2 saturated heterocycles. The van der Waals surface area contributed by atoms with Crippen LogP contribution in [0.2, 0.25) is 5.02 Å². The van der Waals surface area contributed by atoms with E-state index in [-0.39, 0.29) is 11.8 Å². The first kappa shape index (κ1) is 19.4. The number of carbonyl (C=O) groups excluding carboxylic acids is 1. The summed E-state index contributed by atoms with van der Waals surface area (Å²) in [6.45, 7) is 5.24. The summed E-state index contributed by atoms with van der Waals surface area (Å²) in [7, 11) is 1.67. The van der Waals surface area contributed by atoms with Gasteiger partial charge in [-0.3, -0.25) is 9.69 Å². The van der Waals surface area contributed by atoms with Crippen LogP contribution in [0.5, 0.6) is 5.75 Å². The Morgan fingerprint density at radius 3 is 2.65 bits per heavy atom. The highest BCUT2D eigenvalue weighted by Gasteiger charge is 2.31. The Morgan fingerprint density at radius 2 is 2.00 bits per heavy atom. The molecule has 0 spiro atoms. The van der Waals surface area contributed by atoms with Crippen LogP contribution in [0, 0.1) is 5.92 Å². The van der Waals surface area contributed by atoms with Gasteiger partial charge in [-0.25, -0.2) is 0 Å². The smallest absolute Gasteiger partial charge is 0.239 e. The summed E-state index contributed by atoms with van der Waals surface area (Å²) in [5.74, 6) is 1.16. The Labute approximate surface area is 160 Å². The van der Waals surface area contributed by atoms with Crippen LogP contribution >= 0.6 is 11.6 Å². The second-order valence-corrected chi connectivity index (χ2v) is 7.47. The molecule has 2 aliphatic heterocycles. The molecule has 7 heteroatoms. The third-order valence-electron chi connectivity index (χ3n) is 5.38. The summed E-state index contributed by atoms with van der Waals surface area (Å²) >= 11 is 6.12. The van der Waals surface area contributed by atoms with E-state index in [0.29, 0.717) is 31.3 Å². The fraction of sp³-hybridized carbons (Fsp3) is 0.632. The number of methoxy groups -OCH3 is 1. The lowest BCUT2D eigenvalue weighted by Crippen LogP contribution is -2.55. The lowest BCUT2D eigenvalue weighted by Gasteiger charge is -2.37. The molecule has 3 rings (SSSR count). The van der Waals surface area contributed by atoms with Crippen molar-refractivity contribution in [3.63, 3.8) is 0 Å². The van der Waals surface area contributed by atoms with Gasteiger partial charge in [0.25, 0.3) is 0 Å². The average Bonchev–Trinajstić information content (AvgIpc) is 2.68. The van der Waals surface area contributed by atoms with Gasteiger partial charge in [-0.1, -0.05) is 11.6 Å². The van der Waals surface area contributed by atoms with Crippen molar-refractivity contribution >= 4 is 17.5 Å². The van der Waals surface area contributed by atoms with Crippen molar-refractivity contribution < 1.29 is 14.3 Å². The van der Waals surface area contributed by atoms with Crippen molar-refractivity contribution in [1.29, 1.82) is 0 Å². The standard InChI is InChI=1S/C19H28ClN3O3/c1-25-17-3-2-16(20)12-15(17)13-22-6-8-23(9-7-22)19(24)18(21)14-4-10-26-11-5-14/h2-3,12,14,18H,4-11,13,21H2,1H3. The second-order valence-electron chi connectivity index (χ2n) is 7.03. The maximum Gasteiger partial charge on any atom is 0.239 e. The van der Waals surface area contributed by atoms with Crippen molar-refractivity contribution in [3.8, 4) is 5.75 Å². The summed E-state index contributed by atoms with van der Waals surface area (Å²) in [6.07, 6.45) is 1.75. The van der Waals surface area contributed by atoms with Gasteiger partial charge in [-0.2, -0.15) is 0 Å². The SMILES string of the molecule is COc1ccc(Cl)cc1CN1CCN(C(=O)C(N)C2CCOCC2)CC1. The van der Waals surface area contributed by atoms with Crippen LogP contribution in [-0.2, 0) is 16.1 Å². The molecule has 144 valence electrons. The van der Waals surface area contributed by atoms with Crippen LogP contribution < -0.4 is 10.5 Å². The van der Waals surface area contributed by atoms with Crippen molar-refractivity contribution in [2.75, 3.05) is 46.5 Å². The first-order valence-corrected chi connectivity index (χ1v) is 9.63. The number of rotatable bonds is 5. The zero-order chi connectivity index (χ0) is 18.5. The largest absolute Gasteiger partial charge is 0.496 e. The van der Waals surface area contributed by atoms with E-state index in [9.17, 15) is 4.79 Å². The highest BCUT2D eigenvalue weighted by Crippen LogP contribution is 2.25. The van der Waals surface area contributed by atoms with Gasteiger partial charge in [0, 0.05) is 56.5 Å². The Hall–Kier alpha value is -1.34. The zero-order valence-corrected chi connectivity index (χ0v) is 16.1. The third-order valence-corrected chi connectivity index (χ3v) is 5.61. The molecule has 0 saturated carbocycles. The molecule has 0 aromatic heterocycles. The van der Waals surface area contributed by atoms with Crippen LogP contribution in [0.15, 0.2) is 18.2 Å². The Balaban J connectivity index is 1.52. The molecule has 1 amide bonds. The molecule has 2 heterocycles. The monoisotopic (exact) mass is 381 g/mol. The number of piperazine rings is 1. The van der Waals surface area contributed by atoms with Gasteiger partial charge < -0.3 is 20.1 Å². The highest BCUT2D eigenvalue weighted by molar-refractivity contribution is 6.30. The molecule has 2 N–H and O–H groups in total. The van der Waals surface area contributed by atoms with E-state index in [1.54, 1.807) is 7.11 Å². The maximum absolute atomic E-state index is 12.7. The normalized spacial score (nSPS) is 20.8. The van der Waals surface area contributed by atoms with E-state index < -0.39 is 6.04 Å². The number of carbonyl (C=O) groups is 1. The van der Waals surface area contributed by atoms with Gasteiger partial charge in [-0.05, 0) is 37.0 Å². The van der Waals surface area contributed by atoms with Crippen LogP contribution in [0.3, 0.4) is 0 Å². The Kier molecular flexibility index (Phi) is 6.75. The van der Waals surface area contributed by atoms with E-state index in [4.69, 9.17) is 26.8 Å². The highest BCUT2D eigenvalue weighted by atomic mass is 35.5. The number of hydrogen-bond acceptors (Lipinski definition) is 5. The van der Waals surface area contributed by atoms with Gasteiger partial charge in [0.2, 0.25) is 5.91 Å². The van der Waals surface area contributed by atoms with Crippen LogP contribution in [0.1, 0.15) is 18.4 Å². The molecular weight excluding hydrogens is 354 g/mol. The Bertz CT molecular complexity index is 614. The van der Waals surface area contributed by atoms with Crippen molar-refractivity contribution in [1.82, 2.24) is 9.80 Å². The molecule has 0 radical (unpaired) electrons. The van der Waals surface area contributed by atoms with E-state index in [1.807, 2.05) is 23.1 Å². The van der Waals surface area contributed by atoms with Gasteiger partial charge >= 0.3 is 0 Å². The molecule has 0 bridgehead atoms. The molecule has 2 aliphatic rings. The third kappa shape index (κ3) is 4.68. The molecule has 0 aliphatic carbocycles. The van der Waals surface area contributed by atoms with E-state index in [0.717, 1.165) is 43.8 Å². The van der Waals surface area contributed by atoms with Crippen LogP contribution in [-0.4, -0.2) is 68.3 Å². The maximum atomic E-state index is 12.7. The first-order chi connectivity index (χ1) is 12.6. The summed E-state index contributed by atoms with van der Waals surface area (Å²) in [6, 6.07) is 5.26. The molecule has 26 heavy (non-hydrogen) atoms. The number of nitrogens with two attached hydrogens (primary N) is 1. The number of amides is 1. The van der Waals surface area contributed by atoms with Crippen LogP contribution in [0.4, 0.5) is 0 Å². The number of benzene rings is 1. The summed E-state index contributed by atoms with van der Waals surface area (Å²) in [5, 5.41) is 0.706. The van der Waals surface area contributed by atoms with Gasteiger partial charge in [0.15, 0.2) is 0 Å².